The van der Waals surface area contributed by atoms with Crippen LogP contribution in [0.3, 0.4) is 0 Å². The molecular formula is C14H14F2N4O3. The van der Waals surface area contributed by atoms with E-state index in [2.05, 4.69) is 20.8 Å². The van der Waals surface area contributed by atoms with Crippen molar-refractivity contribution in [3.8, 4) is 0 Å². The van der Waals surface area contributed by atoms with Gasteiger partial charge in [-0.2, -0.15) is 4.98 Å². The van der Waals surface area contributed by atoms with Crippen LogP contribution in [0.5, 0.6) is 0 Å². The molecule has 0 saturated carbocycles. The molecule has 1 saturated heterocycles. The van der Waals surface area contributed by atoms with Gasteiger partial charge in [-0.25, -0.2) is 13.6 Å². The largest absolute Gasteiger partial charge is 0.368 e. The van der Waals surface area contributed by atoms with E-state index in [-0.39, 0.29) is 24.2 Å². The van der Waals surface area contributed by atoms with Gasteiger partial charge in [0.1, 0.15) is 17.7 Å². The number of aromatic nitrogens is 2. The molecular weight excluding hydrogens is 310 g/mol. The van der Waals surface area contributed by atoms with Gasteiger partial charge in [0.05, 0.1) is 12.2 Å². The van der Waals surface area contributed by atoms with E-state index < -0.39 is 17.7 Å². The van der Waals surface area contributed by atoms with Crippen LogP contribution in [-0.2, 0) is 11.3 Å². The summed E-state index contributed by atoms with van der Waals surface area (Å²) >= 11 is 0. The second-order valence-electron chi connectivity index (χ2n) is 4.98. The van der Waals surface area contributed by atoms with Gasteiger partial charge in [0, 0.05) is 12.7 Å². The van der Waals surface area contributed by atoms with Crippen LogP contribution in [-0.4, -0.2) is 22.8 Å². The number of anilines is 1. The standard InChI is InChI=1S/C14H14F2N4O3/c15-8-3-4-9(16)10(6-8)18-14(21)17-7-12-19-13(23-20-12)11-2-1-5-22-11/h3-4,6,11H,1-2,5,7H2,(H2,17,18,21)/t11-/m1/s1. The molecule has 0 spiro atoms. The first-order chi connectivity index (χ1) is 11.1. The molecule has 7 nitrogen and oxygen atoms in total. The molecule has 3 rings (SSSR count). The van der Waals surface area contributed by atoms with Crippen LogP contribution in [0.15, 0.2) is 22.7 Å². The summed E-state index contributed by atoms with van der Waals surface area (Å²) in [4.78, 5) is 15.8. The fraction of sp³-hybridized carbons (Fsp3) is 0.357. The summed E-state index contributed by atoms with van der Waals surface area (Å²) in [6.45, 7) is 0.640. The molecule has 1 aromatic carbocycles. The van der Waals surface area contributed by atoms with Crippen molar-refractivity contribution in [3.05, 3.63) is 41.5 Å². The minimum atomic E-state index is -0.734. The second kappa shape index (κ2) is 6.69. The number of nitrogens with one attached hydrogen (secondary N) is 2. The lowest BCUT2D eigenvalue weighted by Gasteiger charge is -2.07. The van der Waals surface area contributed by atoms with Crippen LogP contribution < -0.4 is 10.6 Å². The zero-order chi connectivity index (χ0) is 16.2. The van der Waals surface area contributed by atoms with Crippen LogP contribution in [0.2, 0.25) is 0 Å². The smallest absolute Gasteiger partial charge is 0.319 e. The molecule has 1 aromatic heterocycles. The highest BCUT2D eigenvalue weighted by atomic mass is 19.1. The van der Waals surface area contributed by atoms with Crippen molar-refractivity contribution >= 4 is 11.7 Å². The predicted octanol–water partition coefficient (Wildman–Crippen LogP) is 2.52. The van der Waals surface area contributed by atoms with Crippen LogP contribution in [0.25, 0.3) is 0 Å². The molecule has 0 unspecified atom stereocenters. The lowest BCUT2D eigenvalue weighted by molar-refractivity contribution is 0.0835. The molecule has 1 fully saturated rings. The number of rotatable bonds is 4. The fourth-order valence-electron chi connectivity index (χ4n) is 2.16. The number of carbonyl (C=O) groups excluding carboxylic acids is 1. The average molecular weight is 324 g/mol. The van der Waals surface area contributed by atoms with Gasteiger partial charge in [-0.1, -0.05) is 5.16 Å². The highest BCUT2D eigenvalue weighted by Gasteiger charge is 2.23. The van der Waals surface area contributed by atoms with Crippen molar-refractivity contribution in [2.45, 2.75) is 25.5 Å². The van der Waals surface area contributed by atoms with E-state index in [9.17, 15) is 13.6 Å². The van der Waals surface area contributed by atoms with Crippen LogP contribution >= 0.6 is 0 Å². The molecule has 1 aliphatic rings. The van der Waals surface area contributed by atoms with E-state index in [0.29, 0.717) is 12.5 Å². The van der Waals surface area contributed by atoms with E-state index in [1.54, 1.807) is 0 Å². The van der Waals surface area contributed by atoms with Gasteiger partial charge >= 0.3 is 6.03 Å². The van der Waals surface area contributed by atoms with Crippen molar-refractivity contribution in [2.75, 3.05) is 11.9 Å². The van der Waals surface area contributed by atoms with E-state index in [1.165, 1.54) is 0 Å². The Labute approximate surface area is 130 Å². The number of carbonyl (C=O) groups is 1. The Morgan fingerprint density at radius 1 is 1.39 bits per heavy atom. The molecule has 122 valence electrons. The number of hydrogen-bond acceptors (Lipinski definition) is 5. The summed E-state index contributed by atoms with van der Waals surface area (Å²) in [5, 5.41) is 8.37. The minimum Gasteiger partial charge on any atom is -0.368 e. The summed E-state index contributed by atoms with van der Waals surface area (Å²) in [6, 6.07) is 2.07. The monoisotopic (exact) mass is 324 g/mol. The molecule has 2 N–H and O–H groups in total. The van der Waals surface area contributed by atoms with Gasteiger partial charge < -0.3 is 19.9 Å². The normalized spacial score (nSPS) is 17.2. The minimum absolute atomic E-state index is 0.0149. The molecule has 0 aliphatic carbocycles. The third kappa shape index (κ3) is 3.81. The first-order valence-electron chi connectivity index (χ1n) is 7.06. The number of hydrogen-bond donors (Lipinski definition) is 2. The summed E-state index contributed by atoms with van der Waals surface area (Å²) in [5.41, 5.74) is -0.254. The number of nitrogens with zero attached hydrogens (tertiary/aromatic N) is 2. The van der Waals surface area contributed by atoms with Crippen molar-refractivity contribution in [1.82, 2.24) is 15.5 Å². The van der Waals surface area contributed by atoms with Gasteiger partial charge in [-0.3, -0.25) is 0 Å². The van der Waals surface area contributed by atoms with Crippen molar-refractivity contribution < 1.29 is 22.8 Å². The Bertz CT molecular complexity index is 701. The maximum absolute atomic E-state index is 13.4. The molecule has 1 atom stereocenters. The van der Waals surface area contributed by atoms with Crippen LogP contribution in [0.1, 0.15) is 30.7 Å². The summed E-state index contributed by atoms with van der Waals surface area (Å²) in [6.07, 6.45) is 1.54. The zero-order valence-corrected chi connectivity index (χ0v) is 12.0. The average Bonchev–Trinajstić information content (AvgIpc) is 3.19. The Balaban J connectivity index is 1.53. The van der Waals surface area contributed by atoms with E-state index in [0.717, 1.165) is 31.0 Å². The van der Waals surface area contributed by atoms with E-state index in [4.69, 9.17) is 9.26 Å². The first kappa shape index (κ1) is 15.3. The molecule has 0 radical (unpaired) electrons. The Kier molecular flexibility index (Phi) is 4.47. The highest BCUT2D eigenvalue weighted by Crippen LogP contribution is 2.26. The number of urea groups is 1. The Morgan fingerprint density at radius 2 is 2.26 bits per heavy atom. The van der Waals surface area contributed by atoms with Crippen LogP contribution in [0.4, 0.5) is 19.3 Å². The third-order valence-electron chi connectivity index (χ3n) is 3.27. The Hall–Kier alpha value is -2.55. The summed E-state index contributed by atoms with van der Waals surface area (Å²) in [7, 11) is 0. The molecule has 0 bridgehead atoms. The van der Waals surface area contributed by atoms with Crippen molar-refractivity contribution in [3.63, 3.8) is 0 Å². The van der Waals surface area contributed by atoms with Gasteiger partial charge in [-0.15, -0.1) is 0 Å². The summed E-state index contributed by atoms with van der Waals surface area (Å²) in [5.74, 6) is -0.746. The highest BCUT2D eigenvalue weighted by molar-refractivity contribution is 5.89. The van der Waals surface area contributed by atoms with E-state index in [1.807, 2.05) is 0 Å². The first-order valence-corrected chi connectivity index (χ1v) is 7.06. The van der Waals surface area contributed by atoms with Crippen LogP contribution in [0, 0.1) is 11.6 Å². The maximum atomic E-state index is 13.4. The molecule has 1 aliphatic heterocycles. The molecule has 23 heavy (non-hydrogen) atoms. The molecule has 2 amide bonds. The lowest BCUT2D eigenvalue weighted by atomic mass is 10.2. The SMILES string of the molecule is O=C(NCc1noc([C@H]2CCCO2)n1)Nc1cc(F)ccc1F. The van der Waals surface area contributed by atoms with Crippen molar-refractivity contribution in [1.29, 1.82) is 0 Å². The number of benzene rings is 1. The Morgan fingerprint density at radius 3 is 3.04 bits per heavy atom. The quantitative estimate of drug-likeness (QED) is 0.902. The van der Waals surface area contributed by atoms with Gasteiger partial charge in [0.2, 0.25) is 0 Å². The van der Waals surface area contributed by atoms with Crippen molar-refractivity contribution in [2.24, 2.45) is 0 Å². The number of amides is 2. The predicted molar refractivity (Wildman–Crippen MR) is 74.4 cm³/mol. The fourth-order valence-corrected chi connectivity index (χ4v) is 2.16. The zero-order valence-electron chi connectivity index (χ0n) is 12.0. The topological polar surface area (TPSA) is 89.3 Å². The molecule has 2 aromatic rings. The summed E-state index contributed by atoms with van der Waals surface area (Å²) < 4.78 is 36.9. The number of halogens is 2. The number of ether oxygens (including phenoxy) is 1. The molecule has 2 heterocycles. The van der Waals surface area contributed by atoms with Gasteiger partial charge in [0.25, 0.3) is 5.89 Å². The molecule has 9 heteroatoms. The van der Waals surface area contributed by atoms with Gasteiger partial charge in [0.15, 0.2) is 5.82 Å². The maximum Gasteiger partial charge on any atom is 0.319 e. The third-order valence-corrected chi connectivity index (χ3v) is 3.27. The van der Waals surface area contributed by atoms with Gasteiger partial charge in [-0.05, 0) is 25.0 Å². The second-order valence-corrected chi connectivity index (χ2v) is 4.98. The lowest BCUT2D eigenvalue weighted by Crippen LogP contribution is -2.29. The van der Waals surface area contributed by atoms with E-state index >= 15 is 0 Å².